The van der Waals surface area contributed by atoms with E-state index in [1.165, 1.54) is 38.5 Å². The molecule has 0 heterocycles. The Morgan fingerprint density at radius 3 is 2.83 bits per heavy atom. The molecule has 1 N–H and O–H groups in total. The van der Waals surface area contributed by atoms with E-state index in [1.54, 1.807) is 12.5 Å². The fourth-order valence-electron chi connectivity index (χ4n) is 6.73. The van der Waals surface area contributed by atoms with Gasteiger partial charge in [-0.3, -0.25) is 0 Å². The Kier molecular flexibility index (Phi) is 3.97. The topological polar surface area (TPSA) is 41.8 Å². The number of hydrogen-bond donors (Lipinski definition) is 1. The lowest BCUT2D eigenvalue weighted by molar-refractivity contribution is -0.0265. The smallest absolute Gasteiger partial charge is 0.222 e. The molecule has 3 saturated carbocycles. The van der Waals surface area contributed by atoms with E-state index in [-0.39, 0.29) is 6.10 Å². The molecule has 1 unspecified atom stereocenters. The van der Waals surface area contributed by atoms with Gasteiger partial charge in [-0.2, -0.15) is 0 Å². The SMILES string of the molecule is CC(=NO)OC1CC[C@@]2(C)C(=CC[C@@H]3[C@H]2CC[C@]2(C)[CH]CC[C@@H]32)C1. The van der Waals surface area contributed by atoms with E-state index in [0.717, 1.165) is 30.6 Å². The van der Waals surface area contributed by atoms with E-state index in [4.69, 9.17) is 9.94 Å². The van der Waals surface area contributed by atoms with Crippen LogP contribution >= 0.6 is 0 Å². The molecule has 0 saturated heterocycles. The summed E-state index contributed by atoms with van der Waals surface area (Å²) in [6.45, 7) is 6.78. The molecule has 0 aromatic heterocycles. The number of rotatable bonds is 1. The van der Waals surface area contributed by atoms with Crippen molar-refractivity contribution in [2.75, 3.05) is 0 Å². The molecule has 3 heteroatoms. The number of oxime groups is 1. The predicted molar refractivity (Wildman–Crippen MR) is 95.8 cm³/mol. The van der Waals surface area contributed by atoms with Crippen LogP contribution < -0.4 is 0 Å². The largest absolute Gasteiger partial charge is 0.475 e. The second-order valence-electron chi connectivity index (χ2n) is 9.19. The predicted octanol–water partition coefficient (Wildman–Crippen LogP) is 5.35. The summed E-state index contributed by atoms with van der Waals surface area (Å²) in [5, 5.41) is 12.0. The Labute approximate surface area is 146 Å². The van der Waals surface area contributed by atoms with Gasteiger partial charge in [-0.15, -0.1) is 0 Å². The summed E-state index contributed by atoms with van der Waals surface area (Å²) < 4.78 is 5.81. The van der Waals surface area contributed by atoms with Gasteiger partial charge in [-0.1, -0.05) is 30.7 Å². The van der Waals surface area contributed by atoms with Gasteiger partial charge < -0.3 is 9.94 Å². The maximum atomic E-state index is 8.86. The summed E-state index contributed by atoms with van der Waals surface area (Å²) in [5.41, 5.74) is 2.51. The van der Waals surface area contributed by atoms with Crippen molar-refractivity contribution >= 4 is 5.90 Å². The minimum atomic E-state index is 0.186. The van der Waals surface area contributed by atoms with Crippen molar-refractivity contribution in [1.29, 1.82) is 0 Å². The van der Waals surface area contributed by atoms with Crippen molar-refractivity contribution in [1.82, 2.24) is 0 Å². The van der Waals surface area contributed by atoms with Gasteiger partial charge in [0.15, 0.2) is 0 Å². The van der Waals surface area contributed by atoms with Crippen LogP contribution in [0.2, 0.25) is 0 Å². The molecular formula is C21H32NO2. The molecule has 0 aromatic rings. The van der Waals surface area contributed by atoms with E-state index < -0.39 is 0 Å². The van der Waals surface area contributed by atoms with E-state index in [9.17, 15) is 0 Å². The first-order chi connectivity index (χ1) is 11.5. The van der Waals surface area contributed by atoms with Gasteiger partial charge in [-0.05, 0) is 80.0 Å². The van der Waals surface area contributed by atoms with Gasteiger partial charge in [0.25, 0.3) is 0 Å². The first kappa shape index (κ1) is 16.5. The molecule has 24 heavy (non-hydrogen) atoms. The van der Waals surface area contributed by atoms with Crippen molar-refractivity contribution in [3.63, 3.8) is 0 Å². The van der Waals surface area contributed by atoms with Gasteiger partial charge in [0, 0.05) is 13.3 Å². The number of hydrogen-bond acceptors (Lipinski definition) is 3. The average molecular weight is 330 g/mol. The summed E-state index contributed by atoms with van der Waals surface area (Å²) in [6, 6.07) is 0. The van der Waals surface area contributed by atoms with Crippen molar-refractivity contribution in [3.05, 3.63) is 18.1 Å². The normalized spacial score (nSPS) is 48.1. The number of nitrogens with zero attached hydrogens (tertiary/aromatic N) is 1. The zero-order valence-electron chi connectivity index (χ0n) is 15.4. The lowest BCUT2D eigenvalue weighted by atomic mass is 9.48. The van der Waals surface area contributed by atoms with Gasteiger partial charge in [0.05, 0.1) is 0 Å². The van der Waals surface area contributed by atoms with Crippen LogP contribution in [0.25, 0.3) is 0 Å². The molecule has 3 nitrogen and oxygen atoms in total. The van der Waals surface area contributed by atoms with Gasteiger partial charge in [0.1, 0.15) is 6.10 Å². The molecule has 0 aliphatic heterocycles. The average Bonchev–Trinajstić information content (AvgIpc) is 2.97. The van der Waals surface area contributed by atoms with Crippen LogP contribution in [0.15, 0.2) is 16.8 Å². The van der Waals surface area contributed by atoms with Gasteiger partial charge >= 0.3 is 0 Å². The Morgan fingerprint density at radius 2 is 2.04 bits per heavy atom. The molecule has 133 valence electrons. The van der Waals surface area contributed by atoms with E-state index in [1.807, 2.05) is 0 Å². The van der Waals surface area contributed by atoms with Crippen LogP contribution in [0.4, 0.5) is 0 Å². The third-order valence-corrected chi connectivity index (χ3v) is 8.06. The van der Waals surface area contributed by atoms with Crippen LogP contribution in [0.1, 0.15) is 72.1 Å². The van der Waals surface area contributed by atoms with E-state index >= 15 is 0 Å². The molecule has 6 atom stereocenters. The quantitative estimate of drug-likeness (QED) is 0.232. The third kappa shape index (κ3) is 2.42. The van der Waals surface area contributed by atoms with Crippen LogP contribution in [-0.2, 0) is 4.74 Å². The van der Waals surface area contributed by atoms with Crippen LogP contribution in [0.3, 0.4) is 0 Å². The van der Waals surface area contributed by atoms with Gasteiger partial charge in [-0.25, -0.2) is 0 Å². The molecule has 4 aliphatic carbocycles. The molecular weight excluding hydrogens is 298 g/mol. The Balaban J connectivity index is 1.56. The minimum absolute atomic E-state index is 0.186. The maximum Gasteiger partial charge on any atom is 0.222 e. The highest BCUT2D eigenvalue weighted by atomic mass is 16.5. The van der Waals surface area contributed by atoms with Crippen LogP contribution in [0.5, 0.6) is 0 Å². The van der Waals surface area contributed by atoms with Crippen molar-refractivity contribution in [2.24, 2.45) is 33.7 Å². The Bertz CT molecular complexity index is 568. The van der Waals surface area contributed by atoms with Crippen LogP contribution in [-0.4, -0.2) is 17.2 Å². The Hall–Kier alpha value is -0.990. The summed E-state index contributed by atoms with van der Waals surface area (Å²) >= 11 is 0. The fraction of sp³-hybridized carbons (Fsp3) is 0.810. The number of ether oxygens (including phenoxy) is 1. The first-order valence-electron chi connectivity index (χ1n) is 9.85. The lowest BCUT2D eigenvalue weighted by Gasteiger charge is -2.57. The fourth-order valence-corrected chi connectivity index (χ4v) is 6.73. The highest BCUT2D eigenvalue weighted by molar-refractivity contribution is 5.72. The first-order valence-corrected chi connectivity index (χ1v) is 9.85. The van der Waals surface area contributed by atoms with Crippen LogP contribution in [0, 0.1) is 35.0 Å². The monoisotopic (exact) mass is 330 g/mol. The molecule has 0 amide bonds. The molecule has 1 radical (unpaired) electrons. The molecule has 0 bridgehead atoms. The standard InChI is InChI=1S/C21H32NO2/c1-14(22-23)24-16-8-12-21(3)15(13-16)6-7-17-18-5-4-10-20(18,2)11-9-19(17)21/h6,10,16-19,23H,4-5,7-9,11-13H2,1-3H3/t16?,17-,18-,19+,20-,21-/m0/s1. The van der Waals surface area contributed by atoms with Crippen molar-refractivity contribution in [2.45, 2.75) is 78.2 Å². The highest BCUT2D eigenvalue weighted by Gasteiger charge is 2.55. The highest BCUT2D eigenvalue weighted by Crippen LogP contribution is 2.64. The van der Waals surface area contributed by atoms with E-state index in [2.05, 4.69) is 31.5 Å². The molecule has 4 aliphatic rings. The third-order valence-electron chi connectivity index (χ3n) is 8.06. The number of allylic oxidation sites excluding steroid dienone is 1. The second kappa shape index (κ2) is 5.78. The second-order valence-corrected chi connectivity index (χ2v) is 9.19. The summed E-state index contributed by atoms with van der Waals surface area (Å²) in [4.78, 5) is 0. The minimum Gasteiger partial charge on any atom is -0.475 e. The molecule has 0 aromatic carbocycles. The molecule has 4 rings (SSSR count). The summed E-state index contributed by atoms with van der Waals surface area (Å²) in [5.74, 6) is 3.04. The van der Waals surface area contributed by atoms with Crippen molar-refractivity contribution in [3.8, 4) is 0 Å². The summed E-state index contributed by atoms with van der Waals surface area (Å²) in [6.07, 6.45) is 15.5. The lowest BCUT2D eigenvalue weighted by Crippen LogP contribution is -2.49. The maximum absolute atomic E-state index is 8.86. The zero-order valence-corrected chi connectivity index (χ0v) is 15.4. The zero-order chi connectivity index (χ0) is 16.9. The van der Waals surface area contributed by atoms with Gasteiger partial charge in [0.2, 0.25) is 5.90 Å². The van der Waals surface area contributed by atoms with Crippen molar-refractivity contribution < 1.29 is 9.94 Å². The van der Waals surface area contributed by atoms with E-state index in [0.29, 0.717) is 16.7 Å². The molecule has 3 fully saturated rings. The molecule has 0 spiro atoms. The Morgan fingerprint density at radius 1 is 1.21 bits per heavy atom. The number of fused-ring (bicyclic) bond motifs is 5. The summed E-state index contributed by atoms with van der Waals surface area (Å²) in [7, 11) is 0.